The highest BCUT2D eigenvalue weighted by Gasteiger charge is 2.22. The monoisotopic (exact) mass is 310 g/mol. The van der Waals surface area contributed by atoms with Gasteiger partial charge >= 0.3 is 5.97 Å². The number of anilines is 1. The first kappa shape index (κ1) is 15.0. The quantitative estimate of drug-likeness (QED) is 0.676. The van der Waals surface area contributed by atoms with Crippen LogP contribution in [0.1, 0.15) is 16.2 Å². The molecule has 2 rings (SSSR count). The normalized spacial score (nSPS) is 11.5. The van der Waals surface area contributed by atoms with E-state index in [-0.39, 0.29) is 22.7 Å². The van der Waals surface area contributed by atoms with Crippen LogP contribution in [0.15, 0.2) is 35.5 Å². The van der Waals surface area contributed by atoms with Crippen LogP contribution < -0.4 is 10.5 Å². The Hall–Kier alpha value is -2.39. The molecule has 0 aliphatic heterocycles. The Kier molecular flexibility index (Phi) is 3.96. The second-order valence-corrected chi connectivity index (χ2v) is 6.08. The largest absolute Gasteiger partial charge is 0.478 e. The van der Waals surface area contributed by atoms with E-state index >= 15 is 0 Å². The Morgan fingerprint density at radius 2 is 2.19 bits per heavy atom. The first-order valence-electron chi connectivity index (χ1n) is 5.90. The molecule has 0 fully saturated rings. The highest BCUT2D eigenvalue weighted by atomic mass is 32.2. The third kappa shape index (κ3) is 3.20. The van der Waals surface area contributed by atoms with Crippen molar-refractivity contribution in [1.82, 2.24) is 14.3 Å². The number of rotatable bonds is 5. The zero-order valence-corrected chi connectivity index (χ0v) is 12.0. The number of aromatic carboxylic acids is 1. The van der Waals surface area contributed by atoms with Crippen LogP contribution in [0.5, 0.6) is 0 Å². The van der Waals surface area contributed by atoms with Gasteiger partial charge in [-0.05, 0) is 18.2 Å². The Morgan fingerprint density at radius 3 is 2.76 bits per heavy atom. The molecular formula is C12H14N4O4S. The summed E-state index contributed by atoms with van der Waals surface area (Å²) in [6.45, 7) is -0.0464. The Morgan fingerprint density at radius 1 is 1.48 bits per heavy atom. The van der Waals surface area contributed by atoms with E-state index in [0.29, 0.717) is 5.82 Å². The molecule has 0 saturated carbocycles. The molecule has 2 aromatic rings. The molecule has 9 heteroatoms. The van der Waals surface area contributed by atoms with E-state index in [9.17, 15) is 13.2 Å². The number of carbonyl (C=O) groups is 1. The average Bonchev–Trinajstić information content (AvgIpc) is 2.81. The van der Waals surface area contributed by atoms with E-state index in [1.54, 1.807) is 17.8 Å². The molecule has 0 atom stereocenters. The minimum absolute atomic E-state index is 0.0464. The lowest BCUT2D eigenvalue weighted by Gasteiger charge is -2.10. The molecule has 1 aromatic heterocycles. The molecule has 0 amide bonds. The number of carboxylic acids is 1. The second-order valence-electron chi connectivity index (χ2n) is 4.34. The number of nitrogens with two attached hydrogens (primary N) is 1. The van der Waals surface area contributed by atoms with Crippen molar-refractivity contribution >= 4 is 21.7 Å². The number of nitrogens with zero attached hydrogens (tertiary/aromatic N) is 2. The molecule has 0 radical (unpaired) electrons. The molecular weight excluding hydrogens is 296 g/mol. The summed E-state index contributed by atoms with van der Waals surface area (Å²) >= 11 is 0. The fourth-order valence-electron chi connectivity index (χ4n) is 1.75. The lowest BCUT2D eigenvalue weighted by Crippen LogP contribution is -2.26. The molecule has 4 N–H and O–H groups in total. The molecule has 1 heterocycles. The lowest BCUT2D eigenvalue weighted by molar-refractivity contribution is 0.0692. The molecule has 0 spiro atoms. The van der Waals surface area contributed by atoms with Crippen LogP contribution >= 0.6 is 0 Å². The summed E-state index contributed by atoms with van der Waals surface area (Å²) in [7, 11) is -2.26. The van der Waals surface area contributed by atoms with Gasteiger partial charge in [0, 0.05) is 25.1 Å². The summed E-state index contributed by atoms with van der Waals surface area (Å²) in [5, 5.41) is 9.09. The minimum Gasteiger partial charge on any atom is -0.478 e. The van der Waals surface area contributed by atoms with Crippen LogP contribution in [-0.4, -0.2) is 29.0 Å². The number of imidazole rings is 1. The van der Waals surface area contributed by atoms with E-state index in [2.05, 4.69) is 9.71 Å². The minimum atomic E-state index is -3.99. The first-order valence-corrected chi connectivity index (χ1v) is 7.38. The van der Waals surface area contributed by atoms with E-state index in [0.717, 1.165) is 6.07 Å². The molecule has 8 nitrogen and oxygen atoms in total. The van der Waals surface area contributed by atoms with E-state index in [4.69, 9.17) is 10.8 Å². The van der Waals surface area contributed by atoms with E-state index in [1.165, 1.54) is 18.3 Å². The van der Waals surface area contributed by atoms with Crippen molar-refractivity contribution in [3.63, 3.8) is 0 Å². The summed E-state index contributed by atoms with van der Waals surface area (Å²) in [5.41, 5.74) is 5.29. The summed E-state index contributed by atoms with van der Waals surface area (Å²) < 4.78 is 28.4. The van der Waals surface area contributed by atoms with Gasteiger partial charge in [0.1, 0.15) is 5.82 Å². The predicted octanol–water partition coefficient (Wildman–Crippen LogP) is 0.179. The van der Waals surface area contributed by atoms with Crippen LogP contribution in [-0.2, 0) is 23.6 Å². The molecule has 0 aliphatic carbocycles. The fraction of sp³-hybridized carbons (Fsp3) is 0.167. The number of carboxylic acid groups (broad SMARTS) is 1. The van der Waals surface area contributed by atoms with Gasteiger partial charge in [-0.3, -0.25) is 0 Å². The molecule has 1 aromatic carbocycles. The molecule has 0 aliphatic rings. The van der Waals surface area contributed by atoms with E-state index in [1.807, 2.05) is 0 Å². The standard InChI is InChI=1S/C12H14N4O4S/c1-16-5-4-14-11(16)7-15-21(19,20)10-3-2-8(13)6-9(10)12(17)18/h2-6,15H,7,13H2,1H3,(H,17,18). The maximum Gasteiger partial charge on any atom is 0.337 e. The van der Waals surface area contributed by atoms with Gasteiger partial charge in [-0.25, -0.2) is 22.9 Å². The van der Waals surface area contributed by atoms with Crippen molar-refractivity contribution in [3.05, 3.63) is 42.0 Å². The van der Waals surface area contributed by atoms with Gasteiger partial charge in [-0.2, -0.15) is 0 Å². The van der Waals surface area contributed by atoms with Gasteiger partial charge in [-0.15, -0.1) is 0 Å². The zero-order valence-electron chi connectivity index (χ0n) is 11.1. The molecule has 0 unspecified atom stereocenters. The van der Waals surface area contributed by atoms with Gasteiger partial charge in [0.05, 0.1) is 17.0 Å². The fourth-order valence-corrected chi connectivity index (χ4v) is 2.91. The number of aryl methyl sites for hydroxylation is 1. The molecule has 0 saturated heterocycles. The summed E-state index contributed by atoms with van der Waals surface area (Å²) in [5.74, 6) is -0.856. The smallest absolute Gasteiger partial charge is 0.337 e. The Bertz CT molecular complexity index is 782. The zero-order chi connectivity index (χ0) is 15.6. The van der Waals surface area contributed by atoms with E-state index < -0.39 is 16.0 Å². The van der Waals surface area contributed by atoms with Crippen LogP contribution in [0.2, 0.25) is 0 Å². The topological polar surface area (TPSA) is 127 Å². The van der Waals surface area contributed by atoms with Crippen LogP contribution in [0.4, 0.5) is 5.69 Å². The van der Waals surface area contributed by atoms with Crippen molar-refractivity contribution < 1.29 is 18.3 Å². The van der Waals surface area contributed by atoms with Crippen molar-refractivity contribution in [2.75, 3.05) is 5.73 Å². The SMILES string of the molecule is Cn1ccnc1CNS(=O)(=O)c1ccc(N)cc1C(=O)O. The third-order valence-electron chi connectivity index (χ3n) is 2.86. The number of aromatic nitrogens is 2. The van der Waals surface area contributed by atoms with Crippen molar-refractivity contribution in [2.24, 2.45) is 7.05 Å². The third-order valence-corrected chi connectivity index (χ3v) is 4.32. The summed E-state index contributed by atoms with van der Waals surface area (Å²) in [6.07, 6.45) is 3.21. The van der Waals surface area contributed by atoms with Gasteiger partial charge in [-0.1, -0.05) is 0 Å². The first-order chi connectivity index (χ1) is 9.81. The maximum absolute atomic E-state index is 12.2. The van der Waals surface area contributed by atoms with Crippen LogP contribution in [0.3, 0.4) is 0 Å². The Labute approximate surface area is 121 Å². The molecule has 0 bridgehead atoms. The van der Waals surface area contributed by atoms with Crippen LogP contribution in [0.25, 0.3) is 0 Å². The number of sulfonamides is 1. The molecule has 112 valence electrons. The maximum atomic E-state index is 12.2. The predicted molar refractivity (Wildman–Crippen MR) is 75.0 cm³/mol. The van der Waals surface area contributed by atoms with Crippen molar-refractivity contribution in [1.29, 1.82) is 0 Å². The number of nitrogens with one attached hydrogen (secondary N) is 1. The van der Waals surface area contributed by atoms with Crippen molar-refractivity contribution in [2.45, 2.75) is 11.4 Å². The van der Waals surface area contributed by atoms with Crippen LogP contribution in [0, 0.1) is 0 Å². The Balaban J connectivity index is 2.32. The lowest BCUT2D eigenvalue weighted by atomic mass is 10.2. The summed E-state index contributed by atoms with van der Waals surface area (Å²) in [4.78, 5) is 14.8. The van der Waals surface area contributed by atoms with Crippen molar-refractivity contribution in [3.8, 4) is 0 Å². The van der Waals surface area contributed by atoms with Gasteiger partial charge in [0.25, 0.3) is 0 Å². The highest BCUT2D eigenvalue weighted by molar-refractivity contribution is 7.89. The van der Waals surface area contributed by atoms with Gasteiger partial charge in [0.2, 0.25) is 10.0 Å². The van der Waals surface area contributed by atoms with Gasteiger partial charge in [0.15, 0.2) is 0 Å². The number of hydrogen-bond acceptors (Lipinski definition) is 5. The summed E-state index contributed by atoms with van der Waals surface area (Å²) in [6, 6.07) is 3.61. The molecule has 21 heavy (non-hydrogen) atoms. The second kappa shape index (κ2) is 5.54. The highest BCUT2D eigenvalue weighted by Crippen LogP contribution is 2.19. The number of hydrogen-bond donors (Lipinski definition) is 3. The number of nitrogen functional groups attached to an aromatic ring is 1. The average molecular weight is 310 g/mol. The number of benzene rings is 1. The van der Waals surface area contributed by atoms with Gasteiger partial charge < -0.3 is 15.4 Å².